The minimum absolute atomic E-state index is 0.250. The standard InChI is InChI=1S/C19H17ClN4O/c1-12-4-3-5-16(8-12)23-18(25)14-10-21-19(22-11-14)24-17-7-6-15(20)9-13(17)2/h3-11H,1-2H3,(H,23,25)(H,21,22,24). The Kier molecular flexibility index (Phi) is 4.95. The van der Waals surface area contributed by atoms with Gasteiger partial charge in [0.15, 0.2) is 0 Å². The second-order valence-electron chi connectivity index (χ2n) is 5.70. The molecule has 126 valence electrons. The number of rotatable bonds is 4. The summed E-state index contributed by atoms with van der Waals surface area (Å²) < 4.78 is 0. The van der Waals surface area contributed by atoms with E-state index in [1.54, 1.807) is 6.07 Å². The summed E-state index contributed by atoms with van der Waals surface area (Å²) in [5, 5.41) is 6.61. The van der Waals surface area contributed by atoms with Crippen molar-refractivity contribution in [3.05, 3.63) is 76.6 Å². The van der Waals surface area contributed by atoms with E-state index in [4.69, 9.17) is 11.6 Å². The van der Waals surface area contributed by atoms with E-state index in [-0.39, 0.29) is 5.91 Å². The summed E-state index contributed by atoms with van der Waals surface area (Å²) in [6.07, 6.45) is 2.98. The van der Waals surface area contributed by atoms with Crippen molar-refractivity contribution in [3.63, 3.8) is 0 Å². The summed E-state index contributed by atoms with van der Waals surface area (Å²) >= 11 is 5.95. The second kappa shape index (κ2) is 7.32. The summed E-state index contributed by atoms with van der Waals surface area (Å²) in [7, 11) is 0. The molecule has 0 aliphatic rings. The highest BCUT2D eigenvalue weighted by molar-refractivity contribution is 6.30. The highest BCUT2D eigenvalue weighted by Crippen LogP contribution is 2.22. The van der Waals surface area contributed by atoms with Gasteiger partial charge in [-0.15, -0.1) is 0 Å². The van der Waals surface area contributed by atoms with Crippen LogP contribution in [0.25, 0.3) is 0 Å². The third-order valence-electron chi connectivity index (χ3n) is 3.62. The van der Waals surface area contributed by atoms with E-state index in [1.165, 1.54) is 12.4 Å². The van der Waals surface area contributed by atoms with Crippen molar-refractivity contribution in [2.75, 3.05) is 10.6 Å². The van der Waals surface area contributed by atoms with Gasteiger partial charge >= 0.3 is 0 Å². The molecule has 0 aliphatic heterocycles. The highest BCUT2D eigenvalue weighted by atomic mass is 35.5. The molecule has 2 N–H and O–H groups in total. The monoisotopic (exact) mass is 352 g/mol. The molecule has 0 bridgehead atoms. The first-order chi connectivity index (χ1) is 12.0. The molecule has 1 heterocycles. The SMILES string of the molecule is Cc1cccc(NC(=O)c2cnc(Nc3ccc(Cl)cc3C)nc2)c1. The van der Waals surface area contributed by atoms with E-state index < -0.39 is 0 Å². The summed E-state index contributed by atoms with van der Waals surface area (Å²) in [6, 6.07) is 13.1. The Labute approximate surface area is 151 Å². The average Bonchev–Trinajstić information content (AvgIpc) is 2.58. The van der Waals surface area contributed by atoms with Crippen LogP contribution in [0, 0.1) is 13.8 Å². The van der Waals surface area contributed by atoms with Gasteiger partial charge in [-0.3, -0.25) is 4.79 Å². The van der Waals surface area contributed by atoms with Gasteiger partial charge < -0.3 is 10.6 Å². The molecule has 5 nitrogen and oxygen atoms in total. The van der Waals surface area contributed by atoms with E-state index in [9.17, 15) is 4.79 Å². The van der Waals surface area contributed by atoms with Gasteiger partial charge in [-0.05, 0) is 55.3 Å². The lowest BCUT2D eigenvalue weighted by Crippen LogP contribution is -2.13. The van der Waals surface area contributed by atoms with Crippen LogP contribution in [-0.4, -0.2) is 15.9 Å². The fourth-order valence-corrected chi connectivity index (χ4v) is 2.55. The van der Waals surface area contributed by atoms with Crippen molar-refractivity contribution >= 4 is 34.8 Å². The maximum Gasteiger partial charge on any atom is 0.258 e. The minimum Gasteiger partial charge on any atom is -0.324 e. The van der Waals surface area contributed by atoms with Gasteiger partial charge in [0.05, 0.1) is 5.56 Å². The molecule has 0 saturated carbocycles. The zero-order chi connectivity index (χ0) is 17.8. The molecule has 0 fully saturated rings. The number of benzene rings is 2. The number of nitrogens with one attached hydrogen (secondary N) is 2. The number of hydrogen-bond donors (Lipinski definition) is 2. The van der Waals surface area contributed by atoms with Crippen LogP contribution in [0.3, 0.4) is 0 Å². The number of anilines is 3. The van der Waals surface area contributed by atoms with Gasteiger partial charge in [0.2, 0.25) is 5.95 Å². The van der Waals surface area contributed by atoms with Crippen LogP contribution in [0.1, 0.15) is 21.5 Å². The Morgan fingerprint density at radius 3 is 2.48 bits per heavy atom. The first-order valence-electron chi connectivity index (χ1n) is 7.74. The summed E-state index contributed by atoms with van der Waals surface area (Å²) in [5.74, 6) is 0.164. The molecule has 3 rings (SSSR count). The van der Waals surface area contributed by atoms with Crippen molar-refractivity contribution in [3.8, 4) is 0 Å². The third-order valence-corrected chi connectivity index (χ3v) is 3.86. The lowest BCUT2D eigenvalue weighted by atomic mass is 10.2. The first kappa shape index (κ1) is 16.9. The van der Waals surface area contributed by atoms with Crippen LogP contribution in [0.5, 0.6) is 0 Å². The quantitative estimate of drug-likeness (QED) is 0.711. The molecule has 3 aromatic rings. The molecule has 0 atom stereocenters. The van der Waals surface area contributed by atoms with Gasteiger partial charge in [-0.2, -0.15) is 0 Å². The van der Waals surface area contributed by atoms with Crippen LogP contribution >= 0.6 is 11.6 Å². The Morgan fingerprint density at radius 2 is 1.80 bits per heavy atom. The number of aryl methyl sites for hydroxylation is 2. The molecule has 0 unspecified atom stereocenters. The van der Waals surface area contributed by atoms with E-state index in [1.807, 2.05) is 50.2 Å². The van der Waals surface area contributed by atoms with Crippen LogP contribution in [0.4, 0.5) is 17.3 Å². The normalized spacial score (nSPS) is 10.4. The van der Waals surface area contributed by atoms with Gasteiger partial charge in [0.25, 0.3) is 5.91 Å². The largest absolute Gasteiger partial charge is 0.324 e. The maximum atomic E-state index is 12.3. The van der Waals surface area contributed by atoms with Crippen LogP contribution in [-0.2, 0) is 0 Å². The van der Waals surface area contributed by atoms with Gasteiger partial charge in [-0.25, -0.2) is 9.97 Å². The fraction of sp³-hybridized carbons (Fsp3) is 0.105. The first-order valence-corrected chi connectivity index (χ1v) is 8.12. The fourth-order valence-electron chi connectivity index (χ4n) is 2.32. The molecule has 0 spiro atoms. The molecule has 6 heteroatoms. The third kappa shape index (κ3) is 4.33. The average molecular weight is 353 g/mol. The number of halogens is 1. The van der Waals surface area contributed by atoms with Gasteiger partial charge in [-0.1, -0.05) is 23.7 Å². The van der Waals surface area contributed by atoms with E-state index in [0.29, 0.717) is 16.5 Å². The molecule has 1 aromatic heterocycles. The molecule has 0 saturated heterocycles. The molecule has 1 amide bonds. The predicted molar refractivity (Wildman–Crippen MR) is 101 cm³/mol. The minimum atomic E-state index is -0.250. The Bertz CT molecular complexity index is 910. The summed E-state index contributed by atoms with van der Waals surface area (Å²) in [4.78, 5) is 20.7. The van der Waals surface area contributed by atoms with Crippen molar-refractivity contribution < 1.29 is 4.79 Å². The van der Waals surface area contributed by atoms with Crippen molar-refractivity contribution in [2.24, 2.45) is 0 Å². The molecular weight excluding hydrogens is 336 g/mol. The number of amides is 1. The van der Waals surface area contributed by atoms with Crippen molar-refractivity contribution in [2.45, 2.75) is 13.8 Å². The van der Waals surface area contributed by atoms with E-state index >= 15 is 0 Å². The van der Waals surface area contributed by atoms with Crippen molar-refractivity contribution in [1.29, 1.82) is 0 Å². The van der Waals surface area contributed by atoms with Crippen molar-refractivity contribution in [1.82, 2.24) is 9.97 Å². The van der Waals surface area contributed by atoms with Crippen LogP contribution in [0.15, 0.2) is 54.9 Å². The lowest BCUT2D eigenvalue weighted by Gasteiger charge is -2.09. The lowest BCUT2D eigenvalue weighted by molar-refractivity contribution is 0.102. The Morgan fingerprint density at radius 1 is 1.04 bits per heavy atom. The molecule has 25 heavy (non-hydrogen) atoms. The van der Waals surface area contributed by atoms with E-state index in [2.05, 4.69) is 20.6 Å². The maximum absolute atomic E-state index is 12.3. The van der Waals surface area contributed by atoms with E-state index in [0.717, 1.165) is 22.5 Å². The molecule has 0 radical (unpaired) electrons. The highest BCUT2D eigenvalue weighted by Gasteiger charge is 2.08. The zero-order valence-electron chi connectivity index (χ0n) is 13.9. The molecule has 0 aliphatic carbocycles. The number of nitrogens with zero attached hydrogens (tertiary/aromatic N) is 2. The molecular formula is C19H17ClN4O. The van der Waals surface area contributed by atoms with Gasteiger partial charge in [0.1, 0.15) is 0 Å². The van der Waals surface area contributed by atoms with Gasteiger partial charge in [0, 0.05) is 28.8 Å². The Balaban J connectivity index is 1.70. The smallest absolute Gasteiger partial charge is 0.258 e. The number of carbonyl (C=O) groups excluding carboxylic acids is 1. The second-order valence-corrected chi connectivity index (χ2v) is 6.14. The van der Waals surface area contributed by atoms with Crippen LogP contribution < -0.4 is 10.6 Å². The molecule has 2 aromatic carbocycles. The summed E-state index contributed by atoms with van der Waals surface area (Å²) in [6.45, 7) is 3.91. The Hall–Kier alpha value is -2.92. The zero-order valence-corrected chi connectivity index (χ0v) is 14.6. The number of carbonyl (C=O) groups is 1. The number of aromatic nitrogens is 2. The predicted octanol–water partition coefficient (Wildman–Crippen LogP) is 4.74. The number of hydrogen-bond acceptors (Lipinski definition) is 4. The topological polar surface area (TPSA) is 66.9 Å². The summed E-state index contributed by atoms with van der Waals surface area (Å²) in [5.41, 5.74) is 4.05. The van der Waals surface area contributed by atoms with Crippen LogP contribution in [0.2, 0.25) is 5.02 Å².